The van der Waals surface area contributed by atoms with Crippen LogP contribution < -0.4 is 5.32 Å². The van der Waals surface area contributed by atoms with E-state index in [1.165, 1.54) is 50.9 Å². The second-order valence-electron chi connectivity index (χ2n) is 7.74. The molecule has 0 spiro atoms. The second-order valence-corrected chi connectivity index (χ2v) is 7.74. The van der Waals surface area contributed by atoms with Gasteiger partial charge in [-0.05, 0) is 69.3 Å². The molecule has 0 bridgehead atoms. The average molecular weight is 382 g/mol. The highest BCUT2D eigenvalue weighted by Gasteiger charge is 2.19. The van der Waals surface area contributed by atoms with Gasteiger partial charge in [-0.25, -0.2) is 0 Å². The van der Waals surface area contributed by atoms with Crippen molar-refractivity contribution in [2.75, 3.05) is 31.5 Å². The standard InChI is InChI=1S/C23H31N3O2/c27-26(28)23-12-6-5-11-22(23)24-15-7-2-8-16-25-17-13-21(14-18-25)19-20-9-3-1-4-10-20/h1,3-6,9-12,21,24H,2,7-8,13-19H2. The van der Waals surface area contributed by atoms with Crippen LogP contribution in [0.15, 0.2) is 54.6 Å². The molecule has 3 rings (SSSR count). The number of hydrogen-bond donors (Lipinski definition) is 1. The zero-order valence-electron chi connectivity index (χ0n) is 16.6. The zero-order chi connectivity index (χ0) is 19.6. The highest BCUT2D eigenvalue weighted by Crippen LogP contribution is 2.24. The van der Waals surface area contributed by atoms with Gasteiger partial charge in [0.2, 0.25) is 0 Å². The number of nitro benzene ring substituents is 1. The van der Waals surface area contributed by atoms with E-state index in [9.17, 15) is 10.1 Å². The molecule has 1 heterocycles. The molecule has 0 atom stereocenters. The van der Waals surface area contributed by atoms with E-state index in [0.717, 1.165) is 25.3 Å². The number of nitro groups is 1. The fourth-order valence-corrected chi connectivity index (χ4v) is 4.00. The molecule has 0 saturated carbocycles. The maximum absolute atomic E-state index is 11.0. The van der Waals surface area contributed by atoms with E-state index in [0.29, 0.717) is 5.69 Å². The topological polar surface area (TPSA) is 58.4 Å². The first kappa shape index (κ1) is 20.3. The van der Waals surface area contributed by atoms with Crippen LogP contribution in [-0.4, -0.2) is 36.0 Å². The molecule has 5 nitrogen and oxygen atoms in total. The largest absolute Gasteiger partial charge is 0.379 e. The number of anilines is 1. The van der Waals surface area contributed by atoms with E-state index in [-0.39, 0.29) is 10.6 Å². The first-order valence-corrected chi connectivity index (χ1v) is 10.5. The van der Waals surface area contributed by atoms with Crippen molar-refractivity contribution >= 4 is 11.4 Å². The number of benzene rings is 2. The Balaban J connectivity index is 1.26. The van der Waals surface area contributed by atoms with E-state index in [4.69, 9.17) is 0 Å². The fraction of sp³-hybridized carbons (Fsp3) is 0.478. The number of nitrogens with zero attached hydrogens (tertiary/aromatic N) is 2. The van der Waals surface area contributed by atoms with E-state index < -0.39 is 0 Å². The Labute approximate surface area is 167 Å². The fourth-order valence-electron chi connectivity index (χ4n) is 4.00. The van der Waals surface area contributed by atoms with Gasteiger partial charge in [0.25, 0.3) is 5.69 Å². The monoisotopic (exact) mass is 381 g/mol. The molecule has 0 radical (unpaired) electrons. The minimum atomic E-state index is -0.330. The normalized spacial score (nSPS) is 15.4. The smallest absolute Gasteiger partial charge is 0.292 e. The average Bonchev–Trinajstić information content (AvgIpc) is 2.73. The minimum Gasteiger partial charge on any atom is -0.379 e. The molecule has 5 heteroatoms. The van der Waals surface area contributed by atoms with Gasteiger partial charge in [-0.1, -0.05) is 48.9 Å². The van der Waals surface area contributed by atoms with Gasteiger partial charge in [-0.3, -0.25) is 10.1 Å². The number of likely N-dealkylation sites (tertiary alicyclic amines) is 1. The van der Waals surface area contributed by atoms with Crippen molar-refractivity contribution in [1.82, 2.24) is 4.90 Å². The Hall–Kier alpha value is -2.40. The molecule has 1 saturated heterocycles. The summed E-state index contributed by atoms with van der Waals surface area (Å²) in [6.45, 7) is 4.38. The second kappa shape index (κ2) is 10.8. The molecule has 1 N–H and O–H groups in total. The van der Waals surface area contributed by atoms with Gasteiger partial charge in [0.1, 0.15) is 5.69 Å². The Morgan fingerprint density at radius 1 is 0.964 bits per heavy atom. The Bertz CT molecular complexity index is 728. The number of rotatable bonds is 10. The van der Waals surface area contributed by atoms with E-state index >= 15 is 0 Å². The number of nitrogens with one attached hydrogen (secondary N) is 1. The van der Waals surface area contributed by atoms with Crippen LogP contribution in [0, 0.1) is 16.0 Å². The van der Waals surface area contributed by atoms with Crippen LogP contribution in [0.25, 0.3) is 0 Å². The summed E-state index contributed by atoms with van der Waals surface area (Å²) in [5.74, 6) is 0.824. The van der Waals surface area contributed by atoms with Crippen molar-refractivity contribution in [2.24, 2.45) is 5.92 Å². The lowest BCUT2D eigenvalue weighted by atomic mass is 9.90. The van der Waals surface area contributed by atoms with Gasteiger partial charge in [0, 0.05) is 12.6 Å². The van der Waals surface area contributed by atoms with Crippen LogP contribution in [-0.2, 0) is 6.42 Å². The molecular weight excluding hydrogens is 350 g/mol. The predicted octanol–water partition coefficient (Wildman–Crippen LogP) is 5.13. The third-order valence-electron chi connectivity index (χ3n) is 5.64. The van der Waals surface area contributed by atoms with Gasteiger partial charge in [-0.2, -0.15) is 0 Å². The summed E-state index contributed by atoms with van der Waals surface area (Å²) in [5, 5.41) is 14.2. The highest BCUT2D eigenvalue weighted by atomic mass is 16.6. The lowest BCUT2D eigenvalue weighted by Crippen LogP contribution is -2.35. The summed E-state index contributed by atoms with van der Waals surface area (Å²) in [4.78, 5) is 13.3. The lowest BCUT2D eigenvalue weighted by molar-refractivity contribution is -0.384. The Morgan fingerprint density at radius 2 is 1.68 bits per heavy atom. The molecular formula is C23H31N3O2. The van der Waals surface area contributed by atoms with Crippen molar-refractivity contribution in [3.8, 4) is 0 Å². The number of hydrogen-bond acceptors (Lipinski definition) is 4. The van der Waals surface area contributed by atoms with Crippen molar-refractivity contribution in [3.63, 3.8) is 0 Å². The highest BCUT2D eigenvalue weighted by molar-refractivity contribution is 5.60. The first-order chi connectivity index (χ1) is 13.7. The molecule has 28 heavy (non-hydrogen) atoms. The third-order valence-corrected chi connectivity index (χ3v) is 5.64. The molecule has 1 aliphatic rings. The van der Waals surface area contributed by atoms with Crippen LogP contribution in [0.2, 0.25) is 0 Å². The van der Waals surface area contributed by atoms with Crippen LogP contribution in [0.5, 0.6) is 0 Å². The van der Waals surface area contributed by atoms with E-state index in [1.54, 1.807) is 18.2 Å². The van der Waals surface area contributed by atoms with Crippen LogP contribution in [0.3, 0.4) is 0 Å². The molecule has 0 aliphatic carbocycles. The quantitative estimate of drug-likeness (QED) is 0.352. The summed E-state index contributed by atoms with van der Waals surface area (Å²) in [5.41, 5.74) is 2.24. The summed E-state index contributed by atoms with van der Waals surface area (Å²) in [6, 6.07) is 17.7. The van der Waals surface area contributed by atoms with E-state index in [2.05, 4.69) is 40.5 Å². The SMILES string of the molecule is O=[N+]([O-])c1ccccc1NCCCCCN1CCC(Cc2ccccc2)CC1. The zero-order valence-corrected chi connectivity index (χ0v) is 16.6. The first-order valence-electron chi connectivity index (χ1n) is 10.5. The Morgan fingerprint density at radius 3 is 2.43 bits per heavy atom. The van der Waals surface area contributed by atoms with Crippen LogP contribution >= 0.6 is 0 Å². The molecule has 0 unspecified atom stereocenters. The summed E-state index contributed by atoms with van der Waals surface area (Å²) in [6.07, 6.45) is 7.20. The maximum atomic E-state index is 11.0. The Kier molecular flexibility index (Phi) is 7.85. The maximum Gasteiger partial charge on any atom is 0.292 e. The molecule has 1 fully saturated rings. The van der Waals surface area contributed by atoms with Crippen molar-refractivity contribution in [1.29, 1.82) is 0 Å². The lowest BCUT2D eigenvalue weighted by Gasteiger charge is -2.32. The number of unbranched alkanes of at least 4 members (excludes halogenated alkanes) is 2. The van der Waals surface area contributed by atoms with Crippen LogP contribution in [0.1, 0.15) is 37.7 Å². The molecule has 2 aromatic rings. The van der Waals surface area contributed by atoms with Crippen LogP contribution in [0.4, 0.5) is 11.4 Å². The van der Waals surface area contributed by atoms with Gasteiger partial charge in [0.15, 0.2) is 0 Å². The number of piperidine rings is 1. The van der Waals surface area contributed by atoms with Gasteiger partial charge in [0.05, 0.1) is 4.92 Å². The molecule has 150 valence electrons. The third kappa shape index (κ3) is 6.34. The summed E-state index contributed by atoms with van der Waals surface area (Å²) < 4.78 is 0. The van der Waals surface area contributed by atoms with Crippen molar-refractivity contribution in [3.05, 3.63) is 70.3 Å². The van der Waals surface area contributed by atoms with Gasteiger partial charge >= 0.3 is 0 Å². The summed E-state index contributed by atoms with van der Waals surface area (Å²) in [7, 11) is 0. The van der Waals surface area contributed by atoms with E-state index in [1.807, 2.05) is 6.07 Å². The summed E-state index contributed by atoms with van der Waals surface area (Å²) >= 11 is 0. The van der Waals surface area contributed by atoms with Gasteiger partial charge < -0.3 is 10.2 Å². The molecule has 0 amide bonds. The van der Waals surface area contributed by atoms with Crippen molar-refractivity contribution in [2.45, 2.75) is 38.5 Å². The molecule has 2 aromatic carbocycles. The van der Waals surface area contributed by atoms with Crippen molar-refractivity contribution < 1.29 is 4.92 Å². The minimum absolute atomic E-state index is 0.154. The van der Waals surface area contributed by atoms with Gasteiger partial charge in [-0.15, -0.1) is 0 Å². The molecule has 0 aromatic heterocycles. The molecule has 1 aliphatic heterocycles. The predicted molar refractivity (Wildman–Crippen MR) is 115 cm³/mol. The number of para-hydroxylation sites is 2.